The van der Waals surface area contributed by atoms with Crippen LogP contribution in [-0.4, -0.2) is 5.78 Å². The summed E-state index contributed by atoms with van der Waals surface area (Å²) in [4.78, 5) is 12.4. The number of rotatable bonds is 11. The maximum absolute atomic E-state index is 10.9. The molecular weight excluding hydrogens is 300 g/mol. The van der Waals surface area contributed by atoms with Crippen molar-refractivity contribution in [2.75, 3.05) is 0 Å². The standard InChI is InChI=1S/C21H28OS/c1-18(22)10-5-2-3-6-13-20-16-21(23-17-20)15-9-14-19-11-7-4-8-12-19/h4,7-8,11-12,16-17H,2-3,5-6,9-10,13-15H2,1H3. The summed E-state index contributed by atoms with van der Waals surface area (Å²) in [5, 5.41) is 2.33. The molecule has 1 aromatic heterocycles. The van der Waals surface area contributed by atoms with Crippen molar-refractivity contribution in [3.63, 3.8) is 0 Å². The monoisotopic (exact) mass is 328 g/mol. The first-order valence-corrected chi connectivity index (χ1v) is 9.71. The molecule has 0 saturated heterocycles. The van der Waals surface area contributed by atoms with E-state index in [2.05, 4.69) is 41.8 Å². The molecule has 0 spiro atoms. The predicted molar refractivity (Wildman–Crippen MR) is 100 cm³/mol. The Morgan fingerprint density at radius 3 is 2.39 bits per heavy atom. The molecule has 2 aromatic rings. The van der Waals surface area contributed by atoms with Crippen LogP contribution < -0.4 is 0 Å². The van der Waals surface area contributed by atoms with Crippen LogP contribution in [-0.2, 0) is 24.1 Å². The molecule has 1 nitrogen and oxygen atoms in total. The van der Waals surface area contributed by atoms with Crippen LogP contribution in [0.1, 0.15) is 61.5 Å². The van der Waals surface area contributed by atoms with Crippen molar-refractivity contribution in [2.45, 2.75) is 64.7 Å². The number of hydrogen-bond acceptors (Lipinski definition) is 2. The van der Waals surface area contributed by atoms with Crippen molar-refractivity contribution in [3.8, 4) is 0 Å². The van der Waals surface area contributed by atoms with Crippen LogP contribution in [0, 0.1) is 0 Å². The van der Waals surface area contributed by atoms with Gasteiger partial charge >= 0.3 is 0 Å². The van der Waals surface area contributed by atoms with Gasteiger partial charge in [0, 0.05) is 11.3 Å². The molecule has 0 bridgehead atoms. The highest BCUT2D eigenvalue weighted by Crippen LogP contribution is 2.19. The quantitative estimate of drug-likeness (QED) is 0.462. The Morgan fingerprint density at radius 2 is 1.61 bits per heavy atom. The normalized spacial score (nSPS) is 10.8. The summed E-state index contributed by atoms with van der Waals surface area (Å²) in [6, 6.07) is 13.1. The minimum absolute atomic E-state index is 0.322. The van der Waals surface area contributed by atoms with Gasteiger partial charge in [0.1, 0.15) is 5.78 Å². The van der Waals surface area contributed by atoms with Crippen LogP contribution in [0.25, 0.3) is 0 Å². The minimum atomic E-state index is 0.322. The number of carbonyl (C=O) groups is 1. The first-order chi connectivity index (χ1) is 11.2. The predicted octanol–water partition coefficient (Wildman–Crippen LogP) is 6.01. The lowest BCUT2D eigenvalue weighted by atomic mass is 10.1. The third-order valence-corrected chi connectivity index (χ3v) is 5.23. The highest BCUT2D eigenvalue weighted by atomic mass is 32.1. The van der Waals surface area contributed by atoms with Gasteiger partial charge in [-0.15, -0.1) is 11.3 Å². The highest BCUT2D eigenvalue weighted by Gasteiger charge is 2.01. The van der Waals surface area contributed by atoms with Gasteiger partial charge in [0.2, 0.25) is 0 Å². The summed E-state index contributed by atoms with van der Waals surface area (Å²) in [5.41, 5.74) is 2.94. The van der Waals surface area contributed by atoms with Gasteiger partial charge in [-0.05, 0) is 68.0 Å². The van der Waals surface area contributed by atoms with Crippen LogP contribution in [0.5, 0.6) is 0 Å². The molecular formula is C21H28OS. The van der Waals surface area contributed by atoms with Gasteiger partial charge in [-0.2, -0.15) is 0 Å². The zero-order chi connectivity index (χ0) is 16.3. The SMILES string of the molecule is CC(=O)CCCCCCc1csc(CCCc2ccccc2)c1. The fourth-order valence-corrected chi connectivity index (χ4v) is 3.83. The molecule has 0 aliphatic heterocycles. The van der Waals surface area contributed by atoms with E-state index in [0.717, 1.165) is 12.8 Å². The number of aryl methyl sites for hydroxylation is 3. The van der Waals surface area contributed by atoms with Gasteiger partial charge in [-0.3, -0.25) is 0 Å². The van der Waals surface area contributed by atoms with E-state index >= 15 is 0 Å². The Morgan fingerprint density at radius 1 is 0.870 bits per heavy atom. The Kier molecular flexibility index (Phi) is 8.10. The largest absolute Gasteiger partial charge is 0.300 e. The lowest BCUT2D eigenvalue weighted by Gasteiger charge is -2.00. The third kappa shape index (κ3) is 7.60. The first kappa shape index (κ1) is 17.9. The zero-order valence-electron chi connectivity index (χ0n) is 14.2. The van der Waals surface area contributed by atoms with E-state index in [1.54, 1.807) is 6.92 Å². The van der Waals surface area contributed by atoms with E-state index in [9.17, 15) is 4.79 Å². The Labute approximate surface area is 144 Å². The second-order valence-corrected chi connectivity index (χ2v) is 7.37. The summed E-state index contributed by atoms with van der Waals surface area (Å²) in [7, 11) is 0. The van der Waals surface area contributed by atoms with E-state index in [0.29, 0.717) is 5.78 Å². The van der Waals surface area contributed by atoms with E-state index in [4.69, 9.17) is 0 Å². The molecule has 0 unspecified atom stereocenters. The summed E-state index contributed by atoms with van der Waals surface area (Å²) < 4.78 is 0. The number of Topliss-reactive ketones (excluding diaryl/α,β-unsaturated/α-hetero) is 1. The molecule has 0 fully saturated rings. The van der Waals surface area contributed by atoms with Crippen molar-refractivity contribution in [3.05, 3.63) is 57.8 Å². The van der Waals surface area contributed by atoms with Gasteiger partial charge in [-0.1, -0.05) is 43.2 Å². The molecule has 0 atom stereocenters. The van der Waals surface area contributed by atoms with Crippen LogP contribution in [0.4, 0.5) is 0 Å². The second kappa shape index (κ2) is 10.4. The molecule has 0 aliphatic carbocycles. The molecule has 1 heterocycles. The Bertz CT molecular complexity index is 571. The topological polar surface area (TPSA) is 17.1 Å². The number of hydrogen-bond donors (Lipinski definition) is 0. The number of ketones is 1. The number of unbranched alkanes of at least 4 members (excludes halogenated alkanes) is 3. The summed E-state index contributed by atoms with van der Waals surface area (Å²) >= 11 is 1.91. The molecule has 0 aliphatic rings. The average Bonchev–Trinajstić information content (AvgIpc) is 2.99. The minimum Gasteiger partial charge on any atom is -0.300 e. The molecule has 2 heteroatoms. The summed E-state index contributed by atoms with van der Waals surface area (Å²) in [5.74, 6) is 0.322. The van der Waals surface area contributed by atoms with Gasteiger partial charge in [0.25, 0.3) is 0 Å². The molecule has 0 amide bonds. The lowest BCUT2D eigenvalue weighted by Crippen LogP contribution is -1.90. The second-order valence-electron chi connectivity index (χ2n) is 6.38. The smallest absolute Gasteiger partial charge is 0.129 e. The average molecular weight is 329 g/mol. The van der Waals surface area contributed by atoms with Crippen LogP contribution >= 0.6 is 11.3 Å². The van der Waals surface area contributed by atoms with E-state index < -0.39 is 0 Å². The van der Waals surface area contributed by atoms with Crippen LogP contribution in [0.15, 0.2) is 41.8 Å². The van der Waals surface area contributed by atoms with Crippen molar-refractivity contribution < 1.29 is 4.79 Å². The number of carbonyl (C=O) groups excluding carboxylic acids is 1. The van der Waals surface area contributed by atoms with Crippen molar-refractivity contribution in [1.29, 1.82) is 0 Å². The zero-order valence-corrected chi connectivity index (χ0v) is 15.0. The third-order valence-electron chi connectivity index (χ3n) is 4.18. The molecule has 0 saturated carbocycles. The molecule has 0 radical (unpaired) electrons. The summed E-state index contributed by atoms with van der Waals surface area (Å²) in [6.45, 7) is 1.69. The molecule has 2 rings (SSSR count). The molecule has 0 N–H and O–H groups in total. The van der Waals surface area contributed by atoms with Crippen LogP contribution in [0.3, 0.4) is 0 Å². The van der Waals surface area contributed by atoms with E-state index in [1.807, 2.05) is 11.3 Å². The van der Waals surface area contributed by atoms with Crippen molar-refractivity contribution in [1.82, 2.24) is 0 Å². The summed E-state index contributed by atoms with van der Waals surface area (Å²) in [6.07, 6.45) is 10.3. The number of benzene rings is 1. The van der Waals surface area contributed by atoms with E-state index in [1.165, 1.54) is 60.9 Å². The van der Waals surface area contributed by atoms with Gasteiger partial charge in [-0.25, -0.2) is 0 Å². The Balaban J connectivity index is 1.59. The molecule has 23 heavy (non-hydrogen) atoms. The Hall–Kier alpha value is -1.41. The van der Waals surface area contributed by atoms with Gasteiger partial charge < -0.3 is 4.79 Å². The van der Waals surface area contributed by atoms with Gasteiger partial charge in [0.05, 0.1) is 0 Å². The van der Waals surface area contributed by atoms with Crippen molar-refractivity contribution in [2.24, 2.45) is 0 Å². The fraction of sp³-hybridized carbons (Fsp3) is 0.476. The first-order valence-electron chi connectivity index (χ1n) is 8.83. The molecule has 124 valence electrons. The maximum atomic E-state index is 10.9. The molecule has 1 aromatic carbocycles. The lowest BCUT2D eigenvalue weighted by molar-refractivity contribution is -0.117. The van der Waals surface area contributed by atoms with E-state index in [-0.39, 0.29) is 0 Å². The highest BCUT2D eigenvalue weighted by molar-refractivity contribution is 7.10. The maximum Gasteiger partial charge on any atom is 0.129 e. The number of thiophene rings is 1. The van der Waals surface area contributed by atoms with Crippen molar-refractivity contribution >= 4 is 17.1 Å². The van der Waals surface area contributed by atoms with Gasteiger partial charge in [0.15, 0.2) is 0 Å². The van der Waals surface area contributed by atoms with Crippen LogP contribution in [0.2, 0.25) is 0 Å². The fourth-order valence-electron chi connectivity index (χ4n) is 2.86.